The molecule has 9 nitrogen and oxygen atoms in total. The SMILES string of the molecule is N#Cc1c(N)nc(SCc2csc(Nc3ccc(F)cc3)n2)c(C#N)c1C1CCN(C(=O)O)CC1. The highest BCUT2D eigenvalue weighted by Crippen LogP contribution is 2.39. The first-order valence-corrected chi connectivity index (χ1v) is 12.5. The third-order valence-electron chi connectivity index (χ3n) is 5.63. The van der Waals surface area contributed by atoms with Crippen LogP contribution < -0.4 is 11.1 Å². The predicted octanol–water partition coefficient (Wildman–Crippen LogP) is 4.90. The number of nitrogens with one attached hydrogen (secondary N) is 1. The van der Waals surface area contributed by atoms with E-state index in [-0.39, 0.29) is 23.1 Å². The minimum atomic E-state index is -0.980. The minimum Gasteiger partial charge on any atom is -0.465 e. The van der Waals surface area contributed by atoms with E-state index in [0.29, 0.717) is 58.7 Å². The molecule has 0 spiro atoms. The number of pyridine rings is 1. The van der Waals surface area contributed by atoms with Crippen LogP contribution in [-0.2, 0) is 5.75 Å². The first kappa shape index (κ1) is 24.3. The zero-order valence-electron chi connectivity index (χ0n) is 18.4. The number of halogens is 1. The van der Waals surface area contributed by atoms with Crippen LogP contribution in [-0.4, -0.2) is 39.2 Å². The number of nitrogens with zero attached hydrogens (tertiary/aromatic N) is 5. The van der Waals surface area contributed by atoms with Gasteiger partial charge in [-0.15, -0.1) is 11.3 Å². The van der Waals surface area contributed by atoms with E-state index < -0.39 is 6.09 Å². The zero-order valence-corrected chi connectivity index (χ0v) is 20.0. The highest BCUT2D eigenvalue weighted by molar-refractivity contribution is 7.98. The zero-order chi connectivity index (χ0) is 24.9. The molecule has 4 N–H and O–H groups in total. The standard InChI is InChI=1S/C23H20FN7O2S2/c24-14-1-3-15(4-2-14)28-22-29-16(12-35-22)11-34-21-18(10-26)19(17(9-25)20(27)30-21)13-5-7-31(8-6-13)23(32)33/h1-4,12-13H,5-8,11H2,(H2,27,30)(H,28,29)(H,32,33). The molecule has 1 saturated heterocycles. The van der Waals surface area contributed by atoms with Gasteiger partial charge in [0.15, 0.2) is 5.13 Å². The number of anilines is 3. The van der Waals surface area contributed by atoms with Gasteiger partial charge in [0.05, 0.1) is 16.8 Å². The summed E-state index contributed by atoms with van der Waals surface area (Å²) in [7, 11) is 0. The van der Waals surface area contributed by atoms with Crippen LogP contribution in [0.1, 0.15) is 41.1 Å². The summed E-state index contributed by atoms with van der Waals surface area (Å²) in [5.41, 5.74) is 8.60. The number of amides is 1. The van der Waals surface area contributed by atoms with Gasteiger partial charge in [-0.3, -0.25) is 0 Å². The van der Waals surface area contributed by atoms with Crippen molar-refractivity contribution in [1.29, 1.82) is 10.5 Å². The number of thiazole rings is 1. The smallest absolute Gasteiger partial charge is 0.407 e. The summed E-state index contributed by atoms with van der Waals surface area (Å²) in [4.78, 5) is 21.4. The highest BCUT2D eigenvalue weighted by Gasteiger charge is 2.30. The number of carboxylic acid groups (broad SMARTS) is 1. The van der Waals surface area contributed by atoms with Crippen LogP contribution in [0.2, 0.25) is 0 Å². The second-order valence-electron chi connectivity index (χ2n) is 7.80. The topological polar surface area (TPSA) is 152 Å². The number of piperidine rings is 1. The minimum absolute atomic E-state index is 0.0570. The fraction of sp³-hybridized carbons (Fsp3) is 0.261. The second-order valence-corrected chi connectivity index (χ2v) is 9.62. The maximum absolute atomic E-state index is 13.1. The monoisotopic (exact) mass is 509 g/mol. The first-order chi connectivity index (χ1) is 16.9. The normalized spacial score (nSPS) is 13.7. The van der Waals surface area contributed by atoms with E-state index in [2.05, 4.69) is 27.4 Å². The second kappa shape index (κ2) is 10.6. The fourth-order valence-corrected chi connectivity index (χ4v) is 5.66. The third-order valence-corrected chi connectivity index (χ3v) is 7.45. The Balaban J connectivity index is 1.53. The third kappa shape index (κ3) is 5.45. The number of carbonyl (C=O) groups is 1. The van der Waals surface area contributed by atoms with Crippen molar-refractivity contribution in [3.8, 4) is 12.1 Å². The maximum atomic E-state index is 13.1. The van der Waals surface area contributed by atoms with Gasteiger partial charge >= 0.3 is 6.09 Å². The summed E-state index contributed by atoms with van der Waals surface area (Å²) in [6, 6.07) is 10.2. The molecule has 0 saturated carbocycles. The van der Waals surface area contributed by atoms with Gasteiger partial charge in [0.2, 0.25) is 0 Å². The lowest BCUT2D eigenvalue weighted by atomic mass is 9.84. The Morgan fingerprint density at radius 3 is 2.54 bits per heavy atom. The Morgan fingerprint density at radius 1 is 1.23 bits per heavy atom. The Hall–Kier alpha value is -3.87. The lowest BCUT2D eigenvalue weighted by Gasteiger charge is -2.31. The molecule has 0 atom stereocenters. The molecule has 1 aromatic carbocycles. The van der Waals surface area contributed by atoms with Crippen LogP contribution in [0.5, 0.6) is 0 Å². The van der Waals surface area contributed by atoms with Crippen LogP contribution in [0.4, 0.5) is 25.8 Å². The van der Waals surface area contributed by atoms with Gasteiger partial charge in [-0.2, -0.15) is 10.5 Å². The summed E-state index contributed by atoms with van der Waals surface area (Å²) in [6.45, 7) is 0.645. The van der Waals surface area contributed by atoms with Crippen LogP contribution in [0.15, 0.2) is 34.7 Å². The number of nitrogen functional groups attached to an aromatic ring is 1. The molecule has 0 aliphatic carbocycles. The van der Waals surface area contributed by atoms with E-state index in [1.165, 1.54) is 40.1 Å². The average molecular weight is 510 g/mol. The summed E-state index contributed by atoms with van der Waals surface area (Å²) in [5.74, 6) is -0.000996. The Morgan fingerprint density at radius 2 is 1.91 bits per heavy atom. The average Bonchev–Trinajstić information content (AvgIpc) is 3.31. The number of rotatable bonds is 6. The number of benzene rings is 1. The van der Waals surface area contributed by atoms with Crippen LogP contribution >= 0.6 is 23.1 Å². The van der Waals surface area contributed by atoms with E-state index in [0.717, 1.165) is 5.69 Å². The summed E-state index contributed by atoms with van der Waals surface area (Å²) < 4.78 is 13.1. The van der Waals surface area contributed by atoms with Gasteiger partial charge in [-0.1, -0.05) is 11.8 Å². The molecule has 3 aromatic rings. The summed E-state index contributed by atoms with van der Waals surface area (Å²) in [6.07, 6.45) is 0.00745. The molecule has 1 aliphatic heterocycles. The first-order valence-electron chi connectivity index (χ1n) is 10.6. The number of aromatic nitrogens is 2. The van der Waals surface area contributed by atoms with Gasteiger partial charge in [-0.05, 0) is 48.6 Å². The van der Waals surface area contributed by atoms with Crippen molar-refractivity contribution in [2.75, 3.05) is 24.1 Å². The number of nitrogens with two attached hydrogens (primary N) is 1. The molecule has 12 heteroatoms. The molecular formula is C23H20FN7O2S2. The van der Waals surface area contributed by atoms with E-state index in [1.807, 2.05) is 5.38 Å². The van der Waals surface area contributed by atoms with Crippen molar-refractivity contribution < 1.29 is 14.3 Å². The number of hydrogen-bond acceptors (Lipinski definition) is 9. The lowest BCUT2D eigenvalue weighted by Crippen LogP contribution is -2.37. The number of nitriles is 2. The van der Waals surface area contributed by atoms with Crippen LogP contribution in [0.25, 0.3) is 0 Å². The van der Waals surface area contributed by atoms with Gasteiger partial charge in [-0.25, -0.2) is 19.2 Å². The van der Waals surface area contributed by atoms with E-state index in [1.54, 1.807) is 12.1 Å². The molecule has 2 aromatic heterocycles. The molecule has 0 bridgehead atoms. The van der Waals surface area contributed by atoms with Crippen molar-refractivity contribution >= 4 is 45.8 Å². The number of hydrogen-bond donors (Lipinski definition) is 3. The molecule has 0 radical (unpaired) electrons. The Labute approximate surface area is 209 Å². The number of thioether (sulfide) groups is 1. The molecule has 35 heavy (non-hydrogen) atoms. The quantitative estimate of drug-likeness (QED) is 0.394. The molecular weight excluding hydrogens is 489 g/mol. The summed E-state index contributed by atoms with van der Waals surface area (Å²) >= 11 is 2.70. The molecule has 3 heterocycles. The lowest BCUT2D eigenvalue weighted by molar-refractivity contribution is 0.132. The maximum Gasteiger partial charge on any atom is 0.407 e. The van der Waals surface area contributed by atoms with Crippen LogP contribution in [0, 0.1) is 28.5 Å². The van der Waals surface area contributed by atoms with Gasteiger partial charge in [0.1, 0.15) is 28.8 Å². The molecule has 178 valence electrons. The van der Waals surface area contributed by atoms with E-state index >= 15 is 0 Å². The summed E-state index contributed by atoms with van der Waals surface area (Å²) in [5, 5.41) is 34.9. The number of likely N-dealkylation sites (tertiary alicyclic amines) is 1. The van der Waals surface area contributed by atoms with Crippen molar-refractivity contribution in [3.63, 3.8) is 0 Å². The molecule has 0 unspecified atom stereocenters. The predicted molar refractivity (Wildman–Crippen MR) is 131 cm³/mol. The van der Waals surface area contributed by atoms with Gasteiger partial charge < -0.3 is 21.1 Å². The largest absolute Gasteiger partial charge is 0.465 e. The van der Waals surface area contributed by atoms with Crippen molar-refractivity contribution in [3.05, 3.63) is 57.8 Å². The fourth-order valence-electron chi connectivity index (χ4n) is 3.93. The molecule has 1 amide bonds. The van der Waals surface area contributed by atoms with Gasteiger partial charge in [0.25, 0.3) is 0 Å². The van der Waals surface area contributed by atoms with Crippen LogP contribution in [0.3, 0.4) is 0 Å². The van der Waals surface area contributed by atoms with Gasteiger partial charge in [0, 0.05) is 29.9 Å². The van der Waals surface area contributed by atoms with Crippen molar-refractivity contribution in [1.82, 2.24) is 14.9 Å². The molecule has 1 aliphatic rings. The molecule has 4 rings (SSSR count). The Kier molecular flexibility index (Phi) is 7.34. The van der Waals surface area contributed by atoms with Crippen molar-refractivity contribution in [2.24, 2.45) is 0 Å². The Bertz CT molecular complexity index is 1320. The molecule has 1 fully saturated rings. The highest BCUT2D eigenvalue weighted by atomic mass is 32.2. The van der Waals surface area contributed by atoms with Crippen molar-refractivity contribution in [2.45, 2.75) is 29.5 Å². The van der Waals surface area contributed by atoms with E-state index in [9.17, 15) is 24.8 Å². The van der Waals surface area contributed by atoms with E-state index in [4.69, 9.17) is 5.73 Å².